The maximum absolute atomic E-state index is 13.3. The lowest BCUT2D eigenvalue weighted by Gasteiger charge is -2.16. The molecule has 0 radical (unpaired) electrons. The van der Waals surface area contributed by atoms with Crippen LogP contribution in [0.2, 0.25) is 0 Å². The molecule has 0 spiro atoms. The molecule has 2 heterocycles. The SMILES string of the molecule is CCS(=O)(=O)c1c(C(Cc2ccccc2)C(=O)O)n(C)c2ccc(OCc3ccccn3)cc12. The summed E-state index contributed by atoms with van der Waals surface area (Å²) in [4.78, 5) is 16.7. The van der Waals surface area contributed by atoms with Crippen LogP contribution in [-0.2, 0) is 34.7 Å². The predicted molar refractivity (Wildman–Crippen MR) is 130 cm³/mol. The molecule has 1 unspecified atom stereocenters. The number of carboxylic acids is 1. The zero-order chi connectivity index (χ0) is 24.3. The number of ether oxygens (including phenoxy) is 1. The number of aliphatic carboxylic acids is 1. The number of rotatable bonds is 9. The molecule has 7 nitrogen and oxygen atoms in total. The number of aryl methyl sites for hydroxylation is 1. The second kappa shape index (κ2) is 9.69. The zero-order valence-electron chi connectivity index (χ0n) is 19.0. The molecule has 0 saturated carbocycles. The van der Waals surface area contributed by atoms with Crippen LogP contribution in [0.4, 0.5) is 0 Å². The number of aromatic nitrogens is 2. The quantitative estimate of drug-likeness (QED) is 0.384. The second-order valence-electron chi connectivity index (χ2n) is 8.05. The van der Waals surface area contributed by atoms with Gasteiger partial charge >= 0.3 is 5.97 Å². The molecule has 2 aromatic carbocycles. The highest BCUT2D eigenvalue weighted by Crippen LogP contribution is 2.38. The molecular weight excluding hydrogens is 452 g/mol. The fourth-order valence-electron chi connectivity index (χ4n) is 4.15. The van der Waals surface area contributed by atoms with E-state index in [0.29, 0.717) is 16.7 Å². The molecule has 4 aromatic rings. The number of pyridine rings is 1. The molecule has 0 saturated heterocycles. The Morgan fingerprint density at radius 1 is 1.09 bits per heavy atom. The van der Waals surface area contributed by atoms with Crippen molar-refractivity contribution in [1.82, 2.24) is 9.55 Å². The van der Waals surface area contributed by atoms with Crippen molar-refractivity contribution < 1.29 is 23.1 Å². The van der Waals surface area contributed by atoms with Crippen LogP contribution in [0.5, 0.6) is 5.75 Å². The van der Waals surface area contributed by atoms with Crippen molar-refractivity contribution in [2.45, 2.75) is 30.8 Å². The minimum Gasteiger partial charge on any atom is -0.487 e. The lowest BCUT2D eigenvalue weighted by atomic mass is 9.96. The van der Waals surface area contributed by atoms with Crippen molar-refractivity contribution in [2.75, 3.05) is 5.75 Å². The van der Waals surface area contributed by atoms with Gasteiger partial charge in [-0.05, 0) is 42.3 Å². The number of benzene rings is 2. The van der Waals surface area contributed by atoms with E-state index in [-0.39, 0.29) is 29.4 Å². The summed E-state index contributed by atoms with van der Waals surface area (Å²) < 4.78 is 34.1. The first-order valence-electron chi connectivity index (χ1n) is 11.0. The average molecular weight is 479 g/mol. The molecule has 0 fully saturated rings. The lowest BCUT2D eigenvalue weighted by molar-refractivity contribution is -0.139. The Labute approximate surface area is 198 Å². The molecule has 0 aliphatic rings. The number of fused-ring (bicyclic) bond motifs is 1. The van der Waals surface area contributed by atoms with Crippen molar-refractivity contribution in [3.05, 3.63) is 89.9 Å². The van der Waals surface area contributed by atoms with Gasteiger partial charge in [0.2, 0.25) is 0 Å². The van der Waals surface area contributed by atoms with Crippen LogP contribution < -0.4 is 4.74 Å². The van der Waals surface area contributed by atoms with Gasteiger partial charge in [-0.1, -0.05) is 43.3 Å². The third-order valence-electron chi connectivity index (χ3n) is 5.88. The van der Waals surface area contributed by atoms with Crippen molar-refractivity contribution in [3.63, 3.8) is 0 Å². The van der Waals surface area contributed by atoms with Crippen LogP contribution in [0, 0.1) is 0 Å². The number of carbonyl (C=O) groups is 1. The first-order valence-corrected chi connectivity index (χ1v) is 12.6. The van der Waals surface area contributed by atoms with Gasteiger partial charge < -0.3 is 14.4 Å². The average Bonchev–Trinajstić information content (AvgIpc) is 3.14. The normalized spacial score (nSPS) is 12.5. The highest BCUT2D eigenvalue weighted by molar-refractivity contribution is 7.91. The smallest absolute Gasteiger partial charge is 0.312 e. The molecule has 8 heteroatoms. The van der Waals surface area contributed by atoms with E-state index in [1.165, 1.54) is 0 Å². The Kier molecular flexibility index (Phi) is 6.70. The molecule has 176 valence electrons. The van der Waals surface area contributed by atoms with E-state index in [9.17, 15) is 18.3 Å². The monoisotopic (exact) mass is 478 g/mol. The number of hydrogen-bond donors (Lipinski definition) is 1. The van der Waals surface area contributed by atoms with E-state index >= 15 is 0 Å². The summed E-state index contributed by atoms with van der Waals surface area (Å²) in [6.07, 6.45) is 1.85. The number of nitrogens with zero attached hydrogens (tertiary/aromatic N) is 2. The standard InChI is InChI=1S/C26H26N2O5S/c1-3-34(31,32)25-21-16-20(33-17-19-11-7-8-14-27-19)12-13-23(21)28(2)24(25)22(26(29)30)15-18-9-5-4-6-10-18/h4-14,16,22H,3,15,17H2,1-2H3,(H,29,30). The fourth-order valence-corrected chi connectivity index (χ4v) is 5.54. The third kappa shape index (κ3) is 4.68. The maximum atomic E-state index is 13.3. The third-order valence-corrected chi connectivity index (χ3v) is 7.69. The molecule has 0 aliphatic heterocycles. The Balaban J connectivity index is 1.84. The summed E-state index contributed by atoms with van der Waals surface area (Å²) in [5.41, 5.74) is 2.47. The van der Waals surface area contributed by atoms with E-state index < -0.39 is 21.7 Å². The highest BCUT2D eigenvalue weighted by Gasteiger charge is 2.33. The second-order valence-corrected chi connectivity index (χ2v) is 10.3. The van der Waals surface area contributed by atoms with Gasteiger partial charge in [-0.15, -0.1) is 0 Å². The van der Waals surface area contributed by atoms with Crippen molar-refractivity contribution >= 4 is 26.7 Å². The van der Waals surface area contributed by atoms with Crippen molar-refractivity contribution in [2.24, 2.45) is 7.05 Å². The van der Waals surface area contributed by atoms with Gasteiger partial charge in [0.1, 0.15) is 18.3 Å². The number of hydrogen-bond acceptors (Lipinski definition) is 5. The van der Waals surface area contributed by atoms with E-state index in [4.69, 9.17) is 4.74 Å². The summed E-state index contributed by atoms with van der Waals surface area (Å²) in [6.45, 7) is 1.79. The summed E-state index contributed by atoms with van der Waals surface area (Å²) in [6, 6.07) is 19.9. The molecule has 2 aromatic heterocycles. The van der Waals surface area contributed by atoms with Crippen molar-refractivity contribution in [1.29, 1.82) is 0 Å². The first kappa shape index (κ1) is 23.5. The fraction of sp³-hybridized carbons (Fsp3) is 0.231. The minimum absolute atomic E-state index is 0.0547. The Morgan fingerprint density at radius 3 is 2.47 bits per heavy atom. The zero-order valence-corrected chi connectivity index (χ0v) is 19.8. The molecule has 4 rings (SSSR count). The molecular formula is C26H26N2O5S. The Hall–Kier alpha value is -3.65. The largest absolute Gasteiger partial charge is 0.487 e. The molecule has 34 heavy (non-hydrogen) atoms. The van der Waals surface area contributed by atoms with Crippen LogP contribution in [0.3, 0.4) is 0 Å². The molecule has 0 aliphatic carbocycles. The minimum atomic E-state index is -3.74. The van der Waals surface area contributed by atoms with Gasteiger partial charge in [-0.25, -0.2) is 8.42 Å². The van der Waals surface area contributed by atoms with Crippen LogP contribution in [0.25, 0.3) is 10.9 Å². The van der Waals surface area contributed by atoms with Crippen LogP contribution >= 0.6 is 0 Å². The molecule has 0 bridgehead atoms. The lowest BCUT2D eigenvalue weighted by Crippen LogP contribution is -2.20. The van der Waals surface area contributed by atoms with E-state index in [1.54, 1.807) is 42.9 Å². The Morgan fingerprint density at radius 2 is 1.82 bits per heavy atom. The van der Waals surface area contributed by atoms with Crippen LogP contribution in [0.1, 0.15) is 29.8 Å². The summed E-state index contributed by atoms with van der Waals surface area (Å²) in [5.74, 6) is -1.77. The van der Waals surface area contributed by atoms with Gasteiger partial charge in [0.05, 0.1) is 22.0 Å². The van der Waals surface area contributed by atoms with Gasteiger partial charge in [-0.3, -0.25) is 9.78 Å². The highest BCUT2D eigenvalue weighted by atomic mass is 32.2. The molecule has 0 amide bonds. The van der Waals surface area contributed by atoms with E-state index in [1.807, 2.05) is 48.5 Å². The summed E-state index contributed by atoms with van der Waals surface area (Å²) in [5, 5.41) is 10.6. The maximum Gasteiger partial charge on any atom is 0.312 e. The predicted octanol–water partition coefficient (Wildman–Crippen LogP) is 4.36. The van der Waals surface area contributed by atoms with Crippen LogP contribution in [0.15, 0.2) is 77.8 Å². The summed E-state index contributed by atoms with van der Waals surface area (Å²) in [7, 11) is -2.03. The number of carboxylic acid groups (broad SMARTS) is 1. The molecule has 1 N–H and O–H groups in total. The van der Waals surface area contributed by atoms with Crippen molar-refractivity contribution in [3.8, 4) is 5.75 Å². The molecule has 1 atom stereocenters. The van der Waals surface area contributed by atoms with Gasteiger partial charge in [0, 0.05) is 24.1 Å². The number of sulfone groups is 1. The van der Waals surface area contributed by atoms with Gasteiger partial charge in [-0.2, -0.15) is 0 Å². The van der Waals surface area contributed by atoms with E-state index in [2.05, 4.69) is 4.98 Å². The van der Waals surface area contributed by atoms with Gasteiger partial charge in [0.15, 0.2) is 9.84 Å². The van der Waals surface area contributed by atoms with Gasteiger partial charge in [0.25, 0.3) is 0 Å². The summed E-state index contributed by atoms with van der Waals surface area (Å²) >= 11 is 0. The Bertz CT molecular complexity index is 1410. The van der Waals surface area contributed by atoms with E-state index in [0.717, 1.165) is 11.3 Å². The first-order chi connectivity index (χ1) is 16.3. The topological polar surface area (TPSA) is 98.5 Å². The van der Waals surface area contributed by atoms with Crippen LogP contribution in [-0.4, -0.2) is 34.8 Å².